The first-order valence-corrected chi connectivity index (χ1v) is 9.11. The third-order valence-electron chi connectivity index (χ3n) is 3.86. The number of carbonyl (C=O) groups excluding carboxylic acids is 2. The molecule has 1 aromatic heterocycles. The van der Waals surface area contributed by atoms with Crippen molar-refractivity contribution in [1.82, 2.24) is 10.2 Å². The molecule has 2 amide bonds. The Morgan fingerprint density at radius 1 is 1.35 bits per heavy atom. The summed E-state index contributed by atoms with van der Waals surface area (Å²) in [6, 6.07) is 11.9. The molecule has 1 aliphatic rings. The van der Waals surface area contributed by atoms with Crippen LogP contribution in [0.15, 0.2) is 46.3 Å². The number of benzene rings is 1. The molecule has 1 atom stereocenters. The van der Waals surface area contributed by atoms with Crippen LogP contribution in [0, 0.1) is 5.92 Å². The van der Waals surface area contributed by atoms with E-state index in [2.05, 4.69) is 21.2 Å². The van der Waals surface area contributed by atoms with E-state index in [0.717, 1.165) is 14.9 Å². The van der Waals surface area contributed by atoms with Gasteiger partial charge >= 0.3 is 0 Å². The van der Waals surface area contributed by atoms with Crippen molar-refractivity contribution in [2.24, 2.45) is 5.92 Å². The average molecular weight is 393 g/mol. The van der Waals surface area contributed by atoms with Crippen LogP contribution < -0.4 is 5.32 Å². The minimum absolute atomic E-state index is 0.0431. The Morgan fingerprint density at radius 3 is 2.83 bits per heavy atom. The molecule has 0 saturated carbocycles. The van der Waals surface area contributed by atoms with Crippen LogP contribution in [-0.2, 0) is 22.7 Å². The summed E-state index contributed by atoms with van der Waals surface area (Å²) >= 11 is 5.00. The number of hydrogen-bond acceptors (Lipinski definition) is 3. The second-order valence-electron chi connectivity index (χ2n) is 5.61. The zero-order valence-corrected chi connectivity index (χ0v) is 14.9. The second-order valence-corrected chi connectivity index (χ2v) is 7.52. The van der Waals surface area contributed by atoms with Gasteiger partial charge in [0.25, 0.3) is 0 Å². The van der Waals surface area contributed by atoms with Crippen molar-refractivity contribution in [3.8, 4) is 0 Å². The Balaban J connectivity index is 1.53. The van der Waals surface area contributed by atoms with Gasteiger partial charge in [-0.15, -0.1) is 11.3 Å². The molecule has 120 valence electrons. The maximum atomic E-state index is 12.3. The lowest BCUT2D eigenvalue weighted by atomic mass is 10.1. The quantitative estimate of drug-likeness (QED) is 0.849. The highest BCUT2D eigenvalue weighted by Gasteiger charge is 2.34. The Kier molecular flexibility index (Phi) is 5.13. The van der Waals surface area contributed by atoms with Crippen molar-refractivity contribution in [2.45, 2.75) is 19.5 Å². The van der Waals surface area contributed by atoms with Crippen molar-refractivity contribution < 1.29 is 9.59 Å². The van der Waals surface area contributed by atoms with E-state index in [0.29, 0.717) is 26.1 Å². The van der Waals surface area contributed by atoms with E-state index in [4.69, 9.17) is 0 Å². The van der Waals surface area contributed by atoms with Crippen LogP contribution in [-0.4, -0.2) is 23.3 Å². The maximum Gasteiger partial charge on any atom is 0.225 e. The molecule has 2 heterocycles. The number of carbonyl (C=O) groups is 2. The summed E-state index contributed by atoms with van der Waals surface area (Å²) in [5, 5.41) is 4.92. The molecule has 2 aromatic rings. The normalized spacial score (nSPS) is 17.5. The van der Waals surface area contributed by atoms with Gasteiger partial charge in [-0.05, 0) is 27.6 Å². The molecule has 0 aliphatic carbocycles. The molecule has 3 rings (SSSR count). The molecule has 1 unspecified atom stereocenters. The Hall–Kier alpha value is -1.66. The number of likely N-dealkylation sites (tertiary alicyclic amines) is 1. The minimum Gasteiger partial charge on any atom is -0.351 e. The third kappa shape index (κ3) is 4.20. The molecule has 6 heteroatoms. The van der Waals surface area contributed by atoms with Gasteiger partial charge in [-0.2, -0.15) is 0 Å². The van der Waals surface area contributed by atoms with Gasteiger partial charge in [0.15, 0.2) is 0 Å². The number of nitrogens with zero attached hydrogens (tertiary/aromatic N) is 1. The van der Waals surface area contributed by atoms with Crippen LogP contribution in [0.5, 0.6) is 0 Å². The standard InChI is InChI=1S/C17H17BrN2O2S/c18-14-7-15(23-11-14)8-19-17(22)13-6-16(21)20(10-13)9-12-4-2-1-3-5-12/h1-5,7,11,13H,6,8-10H2,(H,19,22). The van der Waals surface area contributed by atoms with E-state index in [-0.39, 0.29) is 17.7 Å². The predicted molar refractivity (Wildman–Crippen MR) is 93.8 cm³/mol. The van der Waals surface area contributed by atoms with Gasteiger partial charge in [-0.25, -0.2) is 0 Å². The molecule has 1 aromatic carbocycles. The smallest absolute Gasteiger partial charge is 0.225 e. The molecular weight excluding hydrogens is 376 g/mol. The van der Waals surface area contributed by atoms with Crippen LogP contribution in [0.3, 0.4) is 0 Å². The van der Waals surface area contributed by atoms with Crippen molar-refractivity contribution in [3.05, 3.63) is 56.7 Å². The number of rotatable bonds is 5. The number of hydrogen-bond donors (Lipinski definition) is 1. The van der Waals surface area contributed by atoms with E-state index in [1.807, 2.05) is 41.8 Å². The zero-order valence-electron chi connectivity index (χ0n) is 12.5. The fourth-order valence-electron chi connectivity index (χ4n) is 2.67. The first-order chi connectivity index (χ1) is 11.1. The highest BCUT2D eigenvalue weighted by Crippen LogP contribution is 2.22. The average Bonchev–Trinajstić information content (AvgIpc) is 3.12. The topological polar surface area (TPSA) is 49.4 Å². The van der Waals surface area contributed by atoms with Gasteiger partial charge in [0.1, 0.15) is 0 Å². The fraction of sp³-hybridized carbons (Fsp3) is 0.294. The van der Waals surface area contributed by atoms with Crippen molar-refractivity contribution >= 4 is 39.1 Å². The van der Waals surface area contributed by atoms with Crippen LogP contribution in [0.2, 0.25) is 0 Å². The first-order valence-electron chi connectivity index (χ1n) is 7.44. The van der Waals surface area contributed by atoms with Crippen LogP contribution in [0.4, 0.5) is 0 Å². The van der Waals surface area contributed by atoms with Crippen molar-refractivity contribution in [1.29, 1.82) is 0 Å². The lowest BCUT2D eigenvalue weighted by Crippen LogP contribution is -2.32. The number of nitrogens with one attached hydrogen (secondary N) is 1. The van der Waals surface area contributed by atoms with E-state index in [1.165, 1.54) is 0 Å². The molecule has 0 spiro atoms. The SMILES string of the molecule is O=C(NCc1cc(Br)cs1)C1CC(=O)N(Cc2ccccc2)C1. The number of amides is 2. The molecule has 1 fully saturated rings. The van der Waals surface area contributed by atoms with E-state index < -0.39 is 0 Å². The van der Waals surface area contributed by atoms with Crippen LogP contribution in [0.1, 0.15) is 16.9 Å². The molecular formula is C17H17BrN2O2S. The summed E-state index contributed by atoms with van der Waals surface area (Å²) in [7, 11) is 0. The summed E-state index contributed by atoms with van der Waals surface area (Å²) in [4.78, 5) is 27.2. The number of halogens is 1. The summed E-state index contributed by atoms with van der Waals surface area (Å²) < 4.78 is 1.02. The summed E-state index contributed by atoms with van der Waals surface area (Å²) in [6.07, 6.45) is 0.298. The largest absolute Gasteiger partial charge is 0.351 e. The first kappa shape index (κ1) is 16.2. The molecule has 1 saturated heterocycles. The van der Waals surface area contributed by atoms with Gasteiger partial charge < -0.3 is 10.2 Å². The Labute approximate surface area is 147 Å². The Bertz CT molecular complexity index is 702. The van der Waals surface area contributed by atoms with Gasteiger partial charge in [0.05, 0.1) is 12.5 Å². The molecule has 4 nitrogen and oxygen atoms in total. The van der Waals surface area contributed by atoms with E-state index in [1.54, 1.807) is 16.2 Å². The van der Waals surface area contributed by atoms with Crippen LogP contribution in [0.25, 0.3) is 0 Å². The van der Waals surface area contributed by atoms with Gasteiger partial charge in [-0.3, -0.25) is 9.59 Å². The predicted octanol–water partition coefficient (Wildman–Crippen LogP) is 3.18. The van der Waals surface area contributed by atoms with E-state index >= 15 is 0 Å². The third-order valence-corrected chi connectivity index (χ3v) is 5.56. The number of thiophene rings is 1. The fourth-order valence-corrected chi connectivity index (χ4v) is 4.06. The summed E-state index contributed by atoms with van der Waals surface area (Å²) in [5.74, 6) is -0.249. The monoisotopic (exact) mass is 392 g/mol. The molecule has 1 aliphatic heterocycles. The highest BCUT2D eigenvalue weighted by atomic mass is 79.9. The van der Waals surface area contributed by atoms with Crippen molar-refractivity contribution in [2.75, 3.05) is 6.54 Å². The maximum absolute atomic E-state index is 12.3. The lowest BCUT2D eigenvalue weighted by molar-refractivity contribution is -0.129. The van der Waals surface area contributed by atoms with Crippen molar-refractivity contribution in [3.63, 3.8) is 0 Å². The zero-order chi connectivity index (χ0) is 16.2. The highest BCUT2D eigenvalue weighted by molar-refractivity contribution is 9.10. The van der Waals surface area contributed by atoms with Crippen LogP contribution >= 0.6 is 27.3 Å². The van der Waals surface area contributed by atoms with Gasteiger partial charge in [0.2, 0.25) is 11.8 Å². The molecule has 0 bridgehead atoms. The summed E-state index contributed by atoms with van der Waals surface area (Å²) in [5.41, 5.74) is 1.09. The van der Waals surface area contributed by atoms with Gasteiger partial charge in [0, 0.05) is 34.2 Å². The van der Waals surface area contributed by atoms with E-state index in [9.17, 15) is 9.59 Å². The minimum atomic E-state index is -0.255. The second kappa shape index (κ2) is 7.27. The molecule has 23 heavy (non-hydrogen) atoms. The molecule has 0 radical (unpaired) electrons. The molecule has 1 N–H and O–H groups in total. The van der Waals surface area contributed by atoms with Gasteiger partial charge in [-0.1, -0.05) is 30.3 Å². The Morgan fingerprint density at radius 2 is 2.13 bits per heavy atom. The summed E-state index contributed by atoms with van der Waals surface area (Å²) in [6.45, 7) is 1.58. The lowest BCUT2D eigenvalue weighted by Gasteiger charge is -2.16.